The van der Waals surface area contributed by atoms with Gasteiger partial charge in [0.25, 0.3) is 0 Å². The molecule has 0 aromatic heterocycles. The summed E-state index contributed by atoms with van der Waals surface area (Å²) in [4.78, 5) is 0. The predicted molar refractivity (Wildman–Crippen MR) is 329 cm³/mol. The van der Waals surface area contributed by atoms with Crippen LogP contribution < -0.4 is 0 Å². The molecule has 0 bridgehead atoms. The first kappa shape index (κ1) is 57.1. The highest BCUT2D eigenvalue weighted by atomic mass is 14.1. The van der Waals surface area contributed by atoms with E-state index < -0.39 is 0 Å². The molecule has 0 atom stereocenters. The van der Waals surface area contributed by atoms with E-state index in [1.807, 2.05) is 0 Å². The smallest absolute Gasteiger partial charge is 0.0125 e. The standard InChI is InChI=1S/C14H14.3C12H12.3C8H10/c1-11-3-7-13(8-4-11)14-9-5-12(2)6-10-14;1-9-5-3-8-12-10(2)6-4-7-11(9)12;1-9-5-3-7-11-8-4-6-10(2)12(9)11;1-9-7-8-10(2)12-6-4-3-5-11(9)12;1-7-3-5-8(2)6-4-7;1-7-4-3-5-8(2)6-7;1-7-5-3-4-6-8(7)2/h3-10H,1-2H3;3*3-8H,1-2H3;3*3-6H,1-2H3. The number of hydrogen-bond acceptors (Lipinski definition) is 0. The van der Waals surface area contributed by atoms with Crippen LogP contribution in [0.5, 0.6) is 0 Å². The molecular formula is C74H80. The van der Waals surface area contributed by atoms with Gasteiger partial charge in [0.15, 0.2) is 0 Å². The molecule has 11 aromatic carbocycles. The Hall–Kier alpha value is -7.80. The second-order valence-electron chi connectivity index (χ2n) is 19.9. The lowest BCUT2D eigenvalue weighted by Gasteiger charge is -2.04. The first-order chi connectivity index (χ1) is 35.5. The van der Waals surface area contributed by atoms with Crippen LogP contribution in [0.25, 0.3) is 43.4 Å². The van der Waals surface area contributed by atoms with E-state index in [1.165, 1.54) is 121 Å². The maximum atomic E-state index is 2.18. The highest BCUT2D eigenvalue weighted by Gasteiger charge is 2.00. The van der Waals surface area contributed by atoms with Gasteiger partial charge in [0.1, 0.15) is 0 Å². The third-order valence-electron chi connectivity index (χ3n) is 13.3. The second kappa shape index (κ2) is 29.0. The minimum Gasteiger partial charge on any atom is -0.0620 e. The summed E-state index contributed by atoms with van der Waals surface area (Å²) in [5, 5.41) is 8.24. The zero-order chi connectivity index (χ0) is 53.6. The maximum absolute atomic E-state index is 2.18. The lowest BCUT2D eigenvalue weighted by Crippen LogP contribution is -1.81. The molecule has 0 fully saturated rings. The molecule has 0 saturated carbocycles. The molecule has 0 unspecified atom stereocenters. The van der Waals surface area contributed by atoms with Crippen LogP contribution in [0.15, 0.2) is 231 Å². The van der Waals surface area contributed by atoms with Crippen molar-refractivity contribution in [2.45, 2.75) is 96.9 Å². The van der Waals surface area contributed by atoms with Gasteiger partial charge in [-0.3, -0.25) is 0 Å². The van der Waals surface area contributed by atoms with Crippen molar-refractivity contribution >= 4 is 32.3 Å². The Morgan fingerprint density at radius 2 is 0.432 bits per heavy atom. The SMILES string of the molecule is Cc1ccc(-c2ccc(C)cc2)cc1.Cc1ccc(C)c2ccccc12.Cc1ccc(C)cc1.Cc1cccc(C)c1.Cc1cccc2c(C)cccc12.Cc1cccc2cccc(C)c12.Cc1ccccc1C. The van der Waals surface area contributed by atoms with Gasteiger partial charge >= 0.3 is 0 Å². The summed E-state index contributed by atoms with van der Waals surface area (Å²) in [6, 6.07) is 81.2. The normalized spacial score (nSPS) is 10.0. The zero-order valence-corrected chi connectivity index (χ0v) is 46.9. The average molecular weight is 969 g/mol. The summed E-state index contributed by atoms with van der Waals surface area (Å²) < 4.78 is 0. The molecule has 0 N–H and O–H groups in total. The molecule has 0 radical (unpaired) electrons. The van der Waals surface area contributed by atoms with E-state index in [4.69, 9.17) is 0 Å². The highest BCUT2D eigenvalue weighted by Crippen LogP contribution is 2.24. The molecule has 0 amide bonds. The number of aryl methyl sites for hydroxylation is 14. The van der Waals surface area contributed by atoms with E-state index in [9.17, 15) is 0 Å². The van der Waals surface area contributed by atoms with Gasteiger partial charge in [-0.25, -0.2) is 0 Å². The Labute approximate surface area is 446 Å². The van der Waals surface area contributed by atoms with Crippen LogP contribution in [-0.2, 0) is 0 Å². The van der Waals surface area contributed by atoms with Gasteiger partial charge in [0.05, 0.1) is 0 Å². The van der Waals surface area contributed by atoms with E-state index in [0.717, 1.165) is 0 Å². The molecule has 0 nitrogen and oxygen atoms in total. The van der Waals surface area contributed by atoms with Crippen molar-refractivity contribution in [2.24, 2.45) is 0 Å². The molecule has 11 aromatic rings. The summed E-state index contributed by atoms with van der Waals surface area (Å²) in [5.41, 5.74) is 21.4. The van der Waals surface area contributed by atoms with E-state index in [-0.39, 0.29) is 0 Å². The van der Waals surface area contributed by atoms with Crippen molar-refractivity contribution in [3.8, 4) is 11.1 Å². The molecule has 0 heteroatoms. The second-order valence-corrected chi connectivity index (χ2v) is 19.9. The molecule has 0 saturated heterocycles. The monoisotopic (exact) mass is 969 g/mol. The molecular weight excluding hydrogens is 889 g/mol. The molecule has 11 rings (SSSR count). The molecule has 0 aliphatic carbocycles. The van der Waals surface area contributed by atoms with Crippen molar-refractivity contribution < 1.29 is 0 Å². The first-order valence-corrected chi connectivity index (χ1v) is 26.1. The molecule has 0 heterocycles. The summed E-state index contributed by atoms with van der Waals surface area (Å²) in [6.07, 6.45) is 0. The maximum Gasteiger partial charge on any atom is -0.0125 e. The topological polar surface area (TPSA) is 0 Å². The van der Waals surface area contributed by atoms with Crippen molar-refractivity contribution in [3.63, 3.8) is 0 Å². The van der Waals surface area contributed by atoms with E-state index >= 15 is 0 Å². The zero-order valence-electron chi connectivity index (χ0n) is 46.9. The van der Waals surface area contributed by atoms with Gasteiger partial charge in [-0.2, -0.15) is 0 Å². The number of benzene rings is 11. The lowest BCUT2D eigenvalue weighted by atomic mass is 10.0. The van der Waals surface area contributed by atoms with Crippen LogP contribution >= 0.6 is 0 Å². The van der Waals surface area contributed by atoms with Crippen LogP contribution in [-0.4, -0.2) is 0 Å². The molecule has 0 spiro atoms. The predicted octanol–water partition coefficient (Wildman–Crippen LogP) is 21.3. The van der Waals surface area contributed by atoms with Crippen LogP contribution in [0.4, 0.5) is 0 Å². The summed E-state index contributed by atoms with van der Waals surface area (Å²) in [6.45, 7) is 29.8. The molecule has 74 heavy (non-hydrogen) atoms. The van der Waals surface area contributed by atoms with Crippen LogP contribution in [0.1, 0.15) is 77.9 Å². The fourth-order valence-electron chi connectivity index (χ4n) is 8.57. The van der Waals surface area contributed by atoms with Crippen LogP contribution in [0.3, 0.4) is 0 Å². The Morgan fingerprint density at radius 3 is 0.743 bits per heavy atom. The van der Waals surface area contributed by atoms with Gasteiger partial charge in [-0.1, -0.05) is 264 Å². The van der Waals surface area contributed by atoms with Gasteiger partial charge in [-0.05, 0) is 185 Å². The van der Waals surface area contributed by atoms with Crippen LogP contribution in [0.2, 0.25) is 0 Å². The Morgan fingerprint density at radius 1 is 0.176 bits per heavy atom. The lowest BCUT2D eigenvalue weighted by molar-refractivity contribution is 1.34. The van der Waals surface area contributed by atoms with E-state index in [1.54, 1.807) is 0 Å². The van der Waals surface area contributed by atoms with Gasteiger partial charge in [0, 0.05) is 0 Å². The van der Waals surface area contributed by atoms with Gasteiger partial charge < -0.3 is 0 Å². The number of fused-ring (bicyclic) bond motifs is 3. The third-order valence-corrected chi connectivity index (χ3v) is 13.3. The summed E-state index contributed by atoms with van der Waals surface area (Å²) in [7, 11) is 0. The van der Waals surface area contributed by atoms with Crippen LogP contribution in [0, 0.1) is 96.9 Å². The van der Waals surface area contributed by atoms with Crippen molar-refractivity contribution in [1.29, 1.82) is 0 Å². The number of hydrogen-bond donors (Lipinski definition) is 0. The first-order valence-electron chi connectivity index (χ1n) is 26.1. The minimum absolute atomic E-state index is 1.29. The van der Waals surface area contributed by atoms with Crippen molar-refractivity contribution in [3.05, 3.63) is 308 Å². The summed E-state index contributed by atoms with van der Waals surface area (Å²) in [5.74, 6) is 0. The molecule has 376 valence electrons. The highest BCUT2D eigenvalue weighted by molar-refractivity contribution is 5.90. The van der Waals surface area contributed by atoms with Crippen molar-refractivity contribution in [2.75, 3.05) is 0 Å². The average Bonchev–Trinajstić information content (AvgIpc) is 3.39. The Kier molecular flexibility index (Phi) is 22.4. The fourth-order valence-corrected chi connectivity index (χ4v) is 8.57. The van der Waals surface area contributed by atoms with Gasteiger partial charge in [-0.15, -0.1) is 0 Å². The van der Waals surface area contributed by atoms with E-state index in [2.05, 4.69) is 327 Å². The number of rotatable bonds is 1. The third kappa shape index (κ3) is 18.0. The van der Waals surface area contributed by atoms with E-state index in [0.29, 0.717) is 0 Å². The fraction of sp³-hybridized carbons (Fsp3) is 0.189. The molecule has 0 aliphatic rings. The van der Waals surface area contributed by atoms with Crippen molar-refractivity contribution in [1.82, 2.24) is 0 Å². The minimum atomic E-state index is 1.29. The molecule has 0 aliphatic heterocycles. The Balaban J connectivity index is 0.000000162. The largest absolute Gasteiger partial charge is 0.0620 e. The summed E-state index contributed by atoms with van der Waals surface area (Å²) >= 11 is 0. The Bertz CT molecular complexity index is 3180. The quantitative estimate of drug-likeness (QED) is 0.154. The van der Waals surface area contributed by atoms with Gasteiger partial charge in [0.2, 0.25) is 0 Å².